The summed E-state index contributed by atoms with van der Waals surface area (Å²) in [6, 6.07) is 4.84. The normalized spacial score (nSPS) is 16.6. The molecule has 1 nitrogen and oxygen atoms in total. The third-order valence-electron chi connectivity index (χ3n) is 4.72. The first-order chi connectivity index (χ1) is 10.0. The number of benzene rings is 1. The molecule has 21 heavy (non-hydrogen) atoms. The van der Waals surface area contributed by atoms with Gasteiger partial charge in [0.1, 0.15) is 0 Å². The van der Waals surface area contributed by atoms with Crippen LogP contribution in [0.15, 0.2) is 18.7 Å². The molecule has 0 radical (unpaired) electrons. The SMILES string of the molecule is C=C(C)c1cc(Cl)cc(N(CC)C2CCCCCC2)c1C. The van der Waals surface area contributed by atoms with Crippen molar-refractivity contribution in [1.82, 2.24) is 0 Å². The van der Waals surface area contributed by atoms with Gasteiger partial charge in [-0.15, -0.1) is 0 Å². The van der Waals surface area contributed by atoms with Crippen LogP contribution >= 0.6 is 11.6 Å². The number of rotatable bonds is 4. The van der Waals surface area contributed by atoms with Crippen LogP contribution in [0.5, 0.6) is 0 Å². The first-order valence-corrected chi connectivity index (χ1v) is 8.65. The number of nitrogens with zero attached hydrogens (tertiary/aromatic N) is 1. The molecule has 0 aliphatic heterocycles. The zero-order valence-electron chi connectivity index (χ0n) is 13.7. The molecule has 2 rings (SSSR count). The highest BCUT2D eigenvalue weighted by atomic mass is 35.5. The lowest BCUT2D eigenvalue weighted by atomic mass is 9.98. The van der Waals surface area contributed by atoms with E-state index in [0.29, 0.717) is 6.04 Å². The van der Waals surface area contributed by atoms with Crippen molar-refractivity contribution in [2.75, 3.05) is 11.4 Å². The standard InChI is InChI=1S/C19H28ClN/c1-5-21(17-10-8-6-7-9-11-17)19-13-16(20)12-18(14(2)3)15(19)4/h12-13,17H,2,5-11H2,1,3-4H3. The summed E-state index contributed by atoms with van der Waals surface area (Å²) in [6.45, 7) is 11.7. The molecule has 116 valence electrons. The first-order valence-electron chi connectivity index (χ1n) is 8.27. The Hall–Kier alpha value is -0.950. The van der Waals surface area contributed by atoms with E-state index in [2.05, 4.69) is 38.3 Å². The van der Waals surface area contributed by atoms with Crippen molar-refractivity contribution in [3.63, 3.8) is 0 Å². The van der Waals surface area contributed by atoms with E-state index < -0.39 is 0 Å². The van der Waals surface area contributed by atoms with Crippen LogP contribution < -0.4 is 4.90 Å². The second-order valence-electron chi connectivity index (χ2n) is 6.31. The number of anilines is 1. The van der Waals surface area contributed by atoms with Gasteiger partial charge in [-0.05, 0) is 56.9 Å². The third-order valence-corrected chi connectivity index (χ3v) is 4.94. The molecule has 0 amide bonds. The number of halogens is 1. The maximum absolute atomic E-state index is 6.37. The molecule has 1 fully saturated rings. The Morgan fingerprint density at radius 1 is 1.24 bits per heavy atom. The van der Waals surface area contributed by atoms with E-state index in [9.17, 15) is 0 Å². The van der Waals surface area contributed by atoms with Crippen molar-refractivity contribution in [3.8, 4) is 0 Å². The molecule has 0 saturated heterocycles. The largest absolute Gasteiger partial charge is 0.369 e. The zero-order chi connectivity index (χ0) is 15.4. The highest BCUT2D eigenvalue weighted by Gasteiger charge is 2.22. The average Bonchev–Trinajstić information content (AvgIpc) is 2.72. The van der Waals surface area contributed by atoms with Gasteiger partial charge in [-0.1, -0.05) is 49.4 Å². The first kappa shape index (κ1) is 16.4. The highest BCUT2D eigenvalue weighted by Crippen LogP contribution is 2.34. The Labute approximate surface area is 135 Å². The van der Waals surface area contributed by atoms with Gasteiger partial charge in [0.05, 0.1) is 0 Å². The van der Waals surface area contributed by atoms with Crippen molar-refractivity contribution < 1.29 is 0 Å². The fourth-order valence-corrected chi connectivity index (χ4v) is 3.81. The van der Waals surface area contributed by atoms with Gasteiger partial charge >= 0.3 is 0 Å². The topological polar surface area (TPSA) is 3.24 Å². The summed E-state index contributed by atoms with van der Waals surface area (Å²) in [5, 5.41) is 0.820. The quantitative estimate of drug-likeness (QED) is 0.596. The monoisotopic (exact) mass is 305 g/mol. The third kappa shape index (κ3) is 3.83. The molecule has 0 atom stereocenters. The second kappa shape index (κ2) is 7.35. The van der Waals surface area contributed by atoms with Crippen LogP contribution in [0.4, 0.5) is 5.69 Å². The van der Waals surface area contributed by atoms with Gasteiger partial charge in [0.25, 0.3) is 0 Å². The van der Waals surface area contributed by atoms with E-state index in [4.69, 9.17) is 11.6 Å². The molecule has 0 aromatic heterocycles. The summed E-state index contributed by atoms with van der Waals surface area (Å²) < 4.78 is 0. The molecule has 1 aromatic carbocycles. The van der Waals surface area contributed by atoms with Gasteiger partial charge in [0, 0.05) is 23.3 Å². The lowest BCUT2D eigenvalue weighted by Gasteiger charge is -2.34. The minimum absolute atomic E-state index is 0.660. The van der Waals surface area contributed by atoms with Crippen molar-refractivity contribution in [2.45, 2.75) is 65.3 Å². The molecule has 0 heterocycles. The average molecular weight is 306 g/mol. The van der Waals surface area contributed by atoms with Gasteiger partial charge in [-0.25, -0.2) is 0 Å². The molecule has 0 unspecified atom stereocenters. The lowest BCUT2D eigenvalue weighted by Crippen LogP contribution is -2.35. The Kier molecular flexibility index (Phi) is 5.75. The molecule has 1 saturated carbocycles. The second-order valence-corrected chi connectivity index (χ2v) is 6.75. The van der Waals surface area contributed by atoms with E-state index in [1.165, 1.54) is 55.3 Å². The van der Waals surface area contributed by atoms with Crippen LogP contribution in [-0.4, -0.2) is 12.6 Å². The summed E-state index contributed by atoms with van der Waals surface area (Å²) in [6.07, 6.45) is 8.10. The van der Waals surface area contributed by atoms with Gasteiger partial charge in [-0.2, -0.15) is 0 Å². The summed E-state index contributed by atoms with van der Waals surface area (Å²) in [5.74, 6) is 0. The molecule has 0 N–H and O–H groups in total. The number of allylic oxidation sites excluding steroid dienone is 1. The Bertz CT molecular complexity index is 499. The Morgan fingerprint density at radius 2 is 1.86 bits per heavy atom. The predicted molar refractivity (Wildman–Crippen MR) is 95.4 cm³/mol. The minimum atomic E-state index is 0.660. The van der Waals surface area contributed by atoms with E-state index in [1.54, 1.807) is 0 Å². The molecule has 1 aromatic rings. The van der Waals surface area contributed by atoms with E-state index in [0.717, 1.165) is 17.1 Å². The van der Waals surface area contributed by atoms with Crippen molar-refractivity contribution in [3.05, 3.63) is 34.9 Å². The fraction of sp³-hybridized carbons (Fsp3) is 0.579. The molecule has 2 heteroatoms. The van der Waals surface area contributed by atoms with Crippen molar-refractivity contribution in [2.24, 2.45) is 0 Å². The molecule has 1 aliphatic rings. The molecular weight excluding hydrogens is 278 g/mol. The number of hydrogen-bond donors (Lipinski definition) is 0. The Morgan fingerprint density at radius 3 is 2.38 bits per heavy atom. The summed E-state index contributed by atoms with van der Waals surface area (Å²) in [4.78, 5) is 2.57. The summed E-state index contributed by atoms with van der Waals surface area (Å²) in [7, 11) is 0. The van der Waals surface area contributed by atoms with Crippen LogP contribution in [0.2, 0.25) is 5.02 Å². The van der Waals surface area contributed by atoms with E-state index >= 15 is 0 Å². The van der Waals surface area contributed by atoms with Crippen LogP contribution in [0, 0.1) is 6.92 Å². The van der Waals surface area contributed by atoms with Crippen LogP contribution in [0.1, 0.15) is 63.5 Å². The van der Waals surface area contributed by atoms with E-state index in [-0.39, 0.29) is 0 Å². The molecular formula is C19H28ClN. The predicted octanol–water partition coefficient (Wildman–Crippen LogP) is 6.23. The smallest absolute Gasteiger partial charge is 0.0432 e. The zero-order valence-corrected chi connectivity index (χ0v) is 14.5. The minimum Gasteiger partial charge on any atom is -0.369 e. The number of hydrogen-bond acceptors (Lipinski definition) is 1. The summed E-state index contributed by atoms with van der Waals surface area (Å²) >= 11 is 6.37. The maximum Gasteiger partial charge on any atom is 0.0432 e. The molecule has 1 aliphatic carbocycles. The highest BCUT2D eigenvalue weighted by molar-refractivity contribution is 6.31. The lowest BCUT2D eigenvalue weighted by molar-refractivity contribution is 0.532. The van der Waals surface area contributed by atoms with E-state index in [1.807, 2.05) is 6.07 Å². The van der Waals surface area contributed by atoms with Gasteiger partial charge in [0.15, 0.2) is 0 Å². The fourth-order valence-electron chi connectivity index (χ4n) is 3.60. The van der Waals surface area contributed by atoms with Crippen molar-refractivity contribution >= 4 is 22.9 Å². The van der Waals surface area contributed by atoms with Gasteiger partial charge in [0.2, 0.25) is 0 Å². The van der Waals surface area contributed by atoms with Crippen LogP contribution in [0.25, 0.3) is 5.57 Å². The van der Waals surface area contributed by atoms with Crippen molar-refractivity contribution in [1.29, 1.82) is 0 Å². The van der Waals surface area contributed by atoms with Crippen LogP contribution in [-0.2, 0) is 0 Å². The molecule has 0 bridgehead atoms. The Balaban J connectivity index is 2.39. The van der Waals surface area contributed by atoms with Gasteiger partial charge in [-0.3, -0.25) is 0 Å². The van der Waals surface area contributed by atoms with Crippen LogP contribution in [0.3, 0.4) is 0 Å². The molecule has 0 spiro atoms. The van der Waals surface area contributed by atoms with Gasteiger partial charge < -0.3 is 4.90 Å². The maximum atomic E-state index is 6.37. The summed E-state index contributed by atoms with van der Waals surface area (Å²) in [5.41, 5.74) is 4.91.